The molecule has 0 bridgehead atoms. The lowest BCUT2D eigenvalue weighted by atomic mass is 9.98. The third kappa shape index (κ3) is 106. The van der Waals surface area contributed by atoms with Crippen molar-refractivity contribution in [3.05, 3.63) is 35.4 Å². The quantitative estimate of drug-likeness (QED) is 0.0715. The lowest BCUT2D eigenvalue weighted by Crippen LogP contribution is -2.34. The van der Waals surface area contributed by atoms with E-state index in [0.29, 0.717) is 441 Å². The summed E-state index contributed by atoms with van der Waals surface area (Å²) in [7, 11) is -4.84. The van der Waals surface area contributed by atoms with E-state index < -0.39 is 60.4 Å². The average molecular weight is 2090 g/mol. The first-order chi connectivity index (χ1) is 69.4. The van der Waals surface area contributed by atoms with Crippen molar-refractivity contribution in [3.63, 3.8) is 0 Å². The van der Waals surface area contributed by atoms with E-state index in [1.807, 2.05) is 0 Å². The first-order valence-corrected chi connectivity index (χ1v) is 52.6. The molecule has 0 aliphatic heterocycles. The number of methoxy groups -OCH3 is 2. The van der Waals surface area contributed by atoms with Crippen molar-refractivity contribution in [2.24, 2.45) is 5.92 Å². The summed E-state index contributed by atoms with van der Waals surface area (Å²) in [5, 5.41) is 8.54. The molecule has 0 aliphatic rings. The van der Waals surface area contributed by atoms with Gasteiger partial charge >= 0.3 is 5.97 Å². The van der Waals surface area contributed by atoms with E-state index in [1.165, 1.54) is 24.3 Å². The molecule has 0 saturated carbocycles. The number of hydrogen-bond donors (Lipinski definition) is 1. The monoisotopic (exact) mass is 2090 g/mol. The highest BCUT2D eigenvalue weighted by Crippen LogP contribution is 2.18. The van der Waals surface area contributed by atoms with Crippen molar-refractivity contribution in [3.8, 4) is 0 Å². The standard InChI is InChI=1S/C93H174O46S2/c1-102-12-14-106-20-22-110-28-30-114-70-72-134-74-76-136-78-80-138-82-84-140(98,99)86-90(87-141(100,101)85-83-139-81-79-137-77-75-135-73-71-115-31-29-111-23-21-107-15-13-103-2)93(97)89-7-5-88(6-8-89)91(94)4-3-10-104-16-18-108-24-26-112-32-34-116-36-38-118-40-42-120-44-46-122-48-50-124-52-54-126-56-58-128-60-62-130-64-66-132-68-69-133-67-65-131-63-61-129-59-57-127-55-53-125-51-49-123-47-45-121-43-41-119-39-37-117-35-33-113-27-25-109-19-17-105-11-9-92(95)96/h5-8,90H,3-4,9-87H2,1-2H3,(H,95,96). The lowest BCUT2D eigenvalue weighted by molar-refractivity contribution is -0.138. The van der Waals surface area contributed by atoms with Gasteiger partial charge in [-0.25, -0.2) is 16.8 Å². The van der Waals surface area contributed by atoms with Crippen LogP contribution in [-0.4, -0.2) is 566 Å². The Morgan fingerprint density at radius 1 is 0.199 bits per heavy atom. The van der Waals surface area contributed by atoms with Crippen molar-refractivity contribution in [2.45, 2.75) is 19.3 Å². The van der Waals surface area contributed by atoms with Crippen LogP contribution in [0, 0.1) is 5.92 Å². The Balaban J connectivity index is 1.99. The van der Waals surface area contributed by atoms with Crippen molar-refractivity contribution >= 4 is 37.2 Å². The zero-order valence-corrected chi connectivity index (χ0v) is 85.9. The number of carboxylic acid groups (broad SMARTS) is 1. The van der Waals surface area contributed by atoms with Crippen LogP contribution in [0.2, 0.25) is 0 Å². The fourth-order valence-electron chi connectivity index (χ4n) is 10.9. The van der Waals surface area contributed by atoms with E-state index in [9.17, 15) is 31.2 Å². The third-order valence-corrected chi connectivity index (χ3v) is 21.5. The third-order valence-electron chi connectivity index (χ3n) is 18.1. The first kappa shape index (κ1) is 135. The number of ether oxygens (including phenoxy) is 38. The summed E-state index contributed by atoms with van der Waals surface area (Å²) in [6, 6.07) is 5.73. The van der Waals surface area contributed by atoms with Crippen molar-refractivity contribution in [1.29, 1.82) is 0 Å². The van der Waals surface area contributed by atoms with Crippen LogP contribution in [0.1, 0.15) is 40.0 Å². The molecule has 46 nitrogen and oxygen atoms in total. The molecule has 1 rings (SSSR count). The molecule has 1 aromatic rings. The zero-order valence-electron chi connectivity index (χ0n) is 84.3. The molecule has 0 saturated heterocycles. The van der Waals surface area contributed by atoms with Crippen LogP contribution in [0.25, 0.3) is 0 Å². The summed E-state index contributed by atoms with van der Waals surface area (Å²) in [4.78, 5) is 37.6. The number of Topliss-reactive ketones (excluding diaryl/α,β-unsaturated/α-hetero) is 2. The Kier molecular flexibility index (Phi) is 108. The molecule has 1 aromatic carbocycles. The molecule has 0 unspecified atom stereocenters. The fourth-order valence-corrected chi connectivity index (χ4v) is 13.9. The van der Waals surface area contributed by atoms with Gasteiger partial charge in [-0.05, 0) is 6.42 Å². The molecule has 0 amide bonds. The van der Waals surface area contributed by atoms with Gasteiger partial charge in [0.2, 0.25) is 0 Å². The van der Waals surface area contributed by atoms with Crippen LogP contribution in [0.3, 0.4) is 0 Å². The van der Waals surface area contributed by atoms with Gasteiger partial charge in [-0.15, -0.1) is 0 Å². The van der Waals surface area contributed by atoms with E-state index >= 15 is 0 Å². The smallest absolute Gasteiger partial charge is 0.305 e. The first-order valence-electron chi connectivity index (χ1n) is 49.0. The number of hydrogen-bond acceptors (Lipinski definition) is 45. The van der Waals surface area contributed by atoms with Gasteiger partial charge < -0.3 is 185 Å². The predicted octanol–water partition coefficient (Wildman–Crippen LogP) is 1.64. The molecule has 834 valence electrons. The molecular formula is C93H174O46S2. The summed E-state index contributed by atoms with van der Waals surface area (Å²) in [5.41, 5.74) is 0.372. The highest BCUT2D eigenvalue weighted by Gasteiger charge is 2.32. The molecule has 0 aliphatic carbocycles. The Bertz CT molecular complexity index is 2880. The van der Waals surface area contributed by atoms with E-state index in [4.69, 9.17) is 185 Å². The normalized spacial score (nSPS) is 12.0. The predicted molar refractivity (Wildman–Crippen MR) is 511 cm³/mol. The maximum Gasteiger partial charge on any atom is 0.305 e. The van der Waals surface area contributed by atoms with Gasteiger partial charge in [-0.1, -0.05) is 24.3 Å². The van der Waals surface area contributed by atoms with Crippen LogP contribution < -0.4 is 0 Å². The van der Waals surface area contributed by atoms with Gasteiger partial charge in [-0.3, -0.25) is 14.4 Å². The van der Waals surface area contributed by atoms with Crippen molar-refractivity contribution in [2.75, 3.05) is 526 Å². The van der Waals surface area contributed by atoms with E-state index in [1.54, 1.807) is 14.2 Å². The van der Waals surface area contributed by atoms with Crippen LogP contribution in [0.5, 0.6) is 0 Å². The van der Waals surface area contributed by atoms with E-state index in [0.717, 1.165) is 0 Å². The number of benzene rings is 1. The second kappa shape index (κ2) is 112. The van der Waals surface area contributed by atoms with E-state index in [2.05, 4.69) is 0 Å². The average Bonchev–Trinajstić information content (AvgIpc) is 0.823. The minimum atomic E-state index is -4.03. The lowest BCUT2D eigenvalue weighted by Gasteiger charge is -2.17. The Labute approximate surface area is 836 Å². The minimum absolute atomic E-state index is 0.0174. The fraction of sp³-hybridized carbons (Fsp3) is 0.903. The number of rotatable bonds is 125. The second-order valence-corrected chi connectivity index (χ2v) is 34.0. The molecule has 0 aromatic heterocycles. The number of carboxylic acids is 1. The Morgan fingerprint density at radius 2 is 0.340 bits per heavy atom. The molecule has 141 heavy (non-hydrogen) atoms. The molecule has 1 N–H and O–H groups in total. The Hall–Kier alpha value is -3.59. The molecule has 0 heterocycles. The van der Waals surface area contributed by atoms with Gasteiger partial charge in [0.05, 0.1) is 518 Å². The SMILES string of the molecule is COCCOCCOCCOCCOCCOCCOCCS(=O)(=O)CC(CS(=O)(=O)CCOCCOCCOCCOCCOCCOCCOC)C(=O)c1ccc(C(=O)CCCOCCOCCOCCOCCOCCOCCOCCOCCOCCOCCOCCOCCOCCOCCOCCOCCOCCOCCOCCOCCOCCOCCOCCOCCC(=O)O)cc1. The number of carbonyl (C=O) groups excluding carboxylic acids is 2. The van der Waals surface area contributed by atoms with E-state index in [-0.39, 0.29) is 83.7 Å². The number of aliphatic carboxylic acids is 1. The van der Waals surface area contributed by atoms with Crippen molar-refractivity contribution < 1.29 is 216 Å². The number of sulfone groups is 2. The minimum Gasteiger partial charge on any atom is -0.481 e. The molecule has 48 heteroatoms. The molecule has 0 atom stereocenters. The summed E-state index contributed by atoms with van der Waals surface area (Å²) in [5.74, 6) is -5.72. The number of carbonyl (C=O) groups is 3. The van der Waals surface area contributed by atoms with Gasteiger partial charge in [0, 0.05) is 38.4 Å². The van der Waals surface area contributed by atoms with Crippen LogP contribution in [0.15, 0.2) is 24.3 Å². The van der Waals surface area contributed by atoms with Gasteiger partial charge in [0.15, 0.2) is 31.2 Å². The van der Waals surface area contributed by atoms with Gasteiger partial charge in [-0.2, -0.15) is 0 Å². The molecule has 0 fully saturated rings. The molecule has 0 spiro atoms. The van der Waals surface area contributed by atoms with Crippen molar-refractivity contribution in [1.82, 2.24) is 0 Å². The Morgan fingerprint density at radius 3 is 0.504 bits per heavy atom. The topological polar surface area (TPSA) is 490 Å². The molecular weight excluding hydrogens is 1920 g/mol. The zero-order chi connectivity index (χ0) is 101. The summed E-state index contributed by atoms with van der Waals surface area (Å²) in [6.07, 6.45) is 0.555. The molecule has 0 radical (unpaired) electrons. The summed E-state index contributed by atoms with van der Waals surface area (Å²) >= 11 is 0. The summed E-state index contributed by atoms with van der Waals surface area (Å²) < 4.78 is 262. The largest absolute Gasteiger partial charge is 0.481 e. The van der Waals surface area contributed by atoms with Crippen LogP contribution in [0.4, 0.5) is 0 Å². The van der Waals surface area contributed by atoms with Crippen LogP contribution >= 0.6 is 0 Å². The second-order valence-electron chi connectivity index (χ2n) is 29.6. The maximum atomic E-state index is 14.1. The van der Waals surface area contributed by atoms with Crippen LogP contribution in [-0.2, 0) is 204 Å². The highest BCUT2D eigenvalue weighted by atomic mass is 32.2. The van der Waals surface area contributed by atoms with Gasteiger partial charge in [0.25, 0.3) is 0 Å². The highest BCUT2D eigenvalue weighted by molar-refractivity contribution is 7.92. The maximum absolute atomic E-state index is 14.1. The summed E-state index contributed by atoms with van der Waals surface area (Å²) in [6.45, 7) is 28.9. The number of ketones is 2. The van der Waals surface area contributed by atoms with Gasteiger partial charge in [0.1, 0.15) is 0 Å².